The zero-order chi connectivity index (χ0) is 43.0. The number of carbonyl (C=O) groups excluding carboxylic acids is 3. The van der Waals surface area contributed by atoms with Gasteiger partial charge in [-0.1, -0.05) is 177 Å². The van der Waals surface area contributed by atoms with E-state index in [-0.39, 0.29) is 37.5 Å². The predicted octanol–water partition coefficient (Wildman–Crippen LogP) is 15.9. The number of ether oxygens (including phenoxy) is 3. The monoisotopic (exact) mass is 823 g/mol. The zero-order valence-electron chi connectivity index (χ0n) is 38.5. The molecule has 6 nitrogen and oxygen atoms in total. The molecule has 1 atom stereocenters. The molecule has 0 fully saturated rings. The topological polar surface area (TPSA) is 78.9 Å². The fourth-order valence-electron chi connectivity index (χ4n) is 6.55. The van der Waals surface area contributed by atoms with E-state index in [1.807, 2.05) is 0 Å². The summed E-state index contributed by atoms with van der Waals surface area (Å²) < 4.78 is 16.7. The van der Waals surface area contributed by atoms with Crippen LogP contribution < -0.4 is 0 Å². The first kappa shape index (κ1) is 55.9. The summed E-state index contributed by atoms with van der Waals surface area (Å²) >= 11 is 0. The Bertz CT molecular complexity index is 1130. The number of allylic oxidation sites excluding steroid dienone is 12. The first-order valence-electron chi connectivity index (χ1n) is 24.4. The molecule has 0 saturated carbocycles. The van der Waals surface area contributed by atoms with Crippen LogP contribution in [0.3, 0.4) is 0 Å². The minimum atomic E-state index is -0.801. The molecule has 0 spiro atoms. The Morgan fingerprint density at radius 2 is 0.661 bits per heavy atom. The lowest BCUT2D eigenvalue weighted by Gasteiger charge is -2.18. The van der Waals surface area contributed by atoms with Gasteiger partial charge in [-0.15, -0.1) is 0 Å². The van der Waals surface area contributed by atoms with Crippen molar-refractivity contribution in [3.8, 4) is 0 Å². The Labute approximate surface area is 363 Å². The molecule has 59 heavy (non-hydrogen) atoms. The molecule has 0 saturated heterocycles. The average molecular weight is 823 g/mol. The summed E-state index contributed by atoms with van der Waals surface area (Å²) in [5, 5.41) is 0. The van der Waals surface area contributed by atoms with E-state index in [4.69, 9.17) is 14.2 Å². The highest BCUT2D eigenvalue weighted by atomic mass is 16.6. The lowest BCUT2D eigenvalue weighted by Crippen LogP contribution is -2.30. The molecule has 0 rings (SSSR count). The second-order valence-electron chi connectivity index (χ2n) is 16.0. The van der Waals surface area contributed by atoms with Crippen LogP contribution in [0.1, 0.15) is 226 Å². The van der Waals surface area contributed by atoms with Crippen molar-refractivity contribution in [1.29, 1.82) is 0 Å². The highest BCUT2D eigenvalue weighted by Crippen LogP contribution is 2.13. The molecule has 0 aliphatic carbocycles. The third-order valence-corrected chi connectivity index (χ3v) is 10.2. The normalized spacial score (nSPS) is 12.7. The van der Waals surface area contributed by atoms with E-state index in [1.54, 1.807) is 0 Å². The Morgan fingerprint density at radius 3 is 1.08 bits per heavy atom. The first-order chi connectivity index (χ1) is 29.0. The molecule has 0 radical (unpaired) electrons. The van der Waals surface area contributed by atoms with E-state index in [0.29, 0.717) is 19.3 Å². The smallest absolute Gasteiger partial charge is 0.306 e. The highest BCUT2D eigenvalue weighted by Gasteiger charge is 2.19. The van der Waals surface area contributed by atoms with Gasteiger partial charge in [0.15, 0.2) is 6.10 Å². The minimum Gasteiger partial charge on any atom is -0.462 e. The summed E-state index contributed by atoms with van der Waals surface area (Å²) in [7, 11) is 0. The molecule has 1 unspecified atom stereocenters. The van der Waals surface area contributed by atoms with Gasteiger partial charge >= 0.3 is 17.9 Å². The molecule has 338 valence electrons. The molecule has 6 heteroatoms. The van der Waals surface area contributed by atoms with Gasteiger partial charge in [0.2, 0.25) is 0 Å². The second-order valence-corrected chi connectivity index (χ2v) is 16.0. The summed E-state index contributed by atoms with van der Waals surface area (Å²) in [6.07, 6.45) is 58.9. The van der Waals surface area contributed by atoms with Gasteiger partial charge in [0.05, 0.1) is 0 Å². The van der Waals surface area contributed by atoms with Gasteiger partial charge in [-0.05, 0) is 103 Å². The number of hydrogen-bond donors (Lipinski definition) is 0. The quantitative estimate of drug-likeness (QED) is 0.0264. The van der Waals surface area contributed by atoms with Gasteiger partial charge in [0.25, 0.3) is 0 Å². The van der Waals surface area contributed by atoms with Crippen molar-refractivity contribution in [3.63, 3.8) is 0 Å². The maximum Gasteiger partial charge on any atom is 0.306 e. The van der Waals surface area contributed by atoms with Crippen LogP contribution in [-0.4, -0.2) is 37.2 Å². The van der Waals surface area contributed by atoms with E-state index in [1.165, 1.54) is 77.0 Å². The average Bonchev–Trinajstić information content (AvgIpc) is 3.23. The van der Waals surface area contributed by atoms with Crippen molar-refractivity contribution in [2.75, 3.05) is 13.2 Å². The maximum absolute atomic E-state index is 12.7. The van der Waals surface area contributed by atoms with E-state index in [9.17, 15) is 14.4 Å². The molecule has 0 aliphatic rings. The van der Waals surface area contributed by atoms with Gasteiger partial charge in [-0.25, -0.2) is 0 Å². The van der Waals surface area contributed by atoms with Crippen LogP contribution in [-0.2, 0) is 28.6 Å². The van der Waals surface area contributed by atoms with Crippen molar-refractivity contribution in [1.82, 2.24) is 0 Å². The standard InChI is InChI=1S/C53H90O6/c1-4-7-10-13-16-19-22-25-26-27-28-29-32-34-37-40-43-46-52(55)58-49-50(59-53(56)47-44-41-38-35-31-24-21-18-15-12-9-6-3)48-57-51(54)45-42-39-36-33-30-23-20-17-14-11-8-5-2/h8-9,11-12,17-18,20-21,25-26,31,35,50H,4-7,10,13-16,19,22-24,27-30,32-34,36-49H2,1-3H3/b11-8-,12-9-,20-17-,21-18-,26-25-,35-31-. The van der Waals surface area contributed by atoms with Crippen LogP contribution in [0.25, 0.3) is 0 Å². The van der Waals surface area contributed by atoms with Gasteiger partial charge < -0.3 is 14.2 Å². The van der Waals surface area contributed by atoms with Crippen molar-refractivity contribution in [2.45, 2.75) is 232 Å². The summed E-state index contributed by atoms with van der Waals surface area (Å²) in [6, 6.07) is 0. The predicted molar refractivity (Wildman–Crippen MR) is 251 cm³/mol. The Morgan fingerprint density at radius 1 is 0.356 bits per heavy atom. The molecular weight excluding hydrogens is 733 g/mol. The molecule has 0 aliphatic heterocycles. The van der Waals surface area contributed by atoms with E-state index < -0.39 is 6.10 Å². The van der Waals surface area contributed by atoms with Crippen LogP contribution in [0.5, 0.6) is 0 Å². The maximum atomic E-state index is 12.7. The summed E-state index contributed by atoms with van der Waals surface area (Å²) in [6.45, 7) is 6.35. The molecule has 0 aromatic carbocycles. The van der Waals surface area contributed by atoms with Gasteiger partial charge in [0, 0.05) is 19.3 Å². The Kier molecular flexibility index (Phi) is 45.0. The molecule has 0 N–H and O–H groups in total. The van der Waals surface area contributed by atoms with Gasteiger partial charge in [-0.2, -0.15) is 0 Å². The van der Waals surface area contributed by atoms with E-state index >= 15 is 0 Å². The van der Waals surface area contributed by atoms with Crippen molar-refractivity contribution < 1.29 is 28.6 Å². The zero-order valence-corrected chi connectivity index (χ0v) is 38.5. The molecule has 0 bridgehead atoms. The van der Waals surface area contributed by atoms with Gasteiger partial charge in [0.1, 0.15) is 13.2 Å². The number of rotatable bonds is 43. The number of carbonyl (C=O) groups is 3. The molecular formula is C53H90O6. The third kappa shape index (κ3) is 45.8. The summed E-state index contributed by atoms with van der Waals surface area (Å²) in [5.41, 5.74) is 0. The number of hydrogen-bond acceptors (Lipinski definition) is 6. The van der Waals surface area contributed by atoms with Crippen LogP contribution in [0, 0.1) is 0 Å². The molecule has 0 amide bonds. The van der Waals surface area contributed by atoms with Crippen LogP contribution >= 0.6 is 0 Å². The van der Waals surface area contributed by atoms with Gasteiger partial charge in [-0.3, -0.25) is 14.4 Å². The first-order valence-corrected chi connectivity index (χ1v) is 24.4. The largest absolute Gasteiger partial charge is 0.462 e. The van der Waals surface area contributed by atoms with Crippen molar-refractivity contribution >= 4 is 17.9 Å². The second kappa shape index (κ2) is 47.5. The molecule has 0 aromatic heterocycles. The third-order valence-electron chi connectivity index (χ3n) is 10.2. The van der Waals surface area contributed by atoms with Crippen LogP contribution in [0.4, 0.5) is 0 Å². The fraction of sp³-hybridized carbons (Fsp3) is 0.717. The van der Waals surface area contributed by atoms with Crippen molar-refractivity contribution in [2.24, 2.45) is 0 Å². The highest BCUT2D eigenvalue weighted by molar-refractivity contribution is 5.71. The minimum absolute atomic E-state index is 0.0981. The summed E-state index contributed by atoms with van der Waals surface area (Å²) in [5.74, 6) is -0.960. The molecule has 0 heterocycles. The van der Waals surface area contributed by atoms with E-state index in [0.717, 1.165) is 103 Å². The Balaban J connectivity index is 4.41. The molecule has 0 aromatic rings. The fourth-order valence-corrected chi connectivity index (χ4v) is 6.55. The number of unbranched alkanes of at least 4 members (excludes halogenated alkanes) is 20. The Hall–Kier alpha value is -3.15. The lowest BCUT2D eigenvalue weighted by atomic mass is 10.1. The summed E-state index contributed by atoms with van der Waals surface area (Å²) in [4.78, 5) is 37.8. The van der Waals surface area contributed by atoms with E-state index in [2.05, 4.69) is 93.7 Å². The number of esters is 3. The lowest BCUT2D eigenvalue weighted by molar-refractivity contribution is -0.167. The van der Waals surface area contributed by atoms with Crippen molar-refractivity contribution in [3.05, 3.63) is 72.9 Å². The SMILES string of the molecule is CC/C=C\C/C=C\C/C=C\CCCCC(=O)OC(COC(=O)CCCCCCC/C=C\C/C=C\CC)COC(=O)CCCCCCCCC/C=C\CCCCCCCC. The van der Waals surface area contributed by atoms with Crippen LogP contribution in [0.15, 0.2) is 72.9 Å². The van der Waals surface area contributed by atoms with Crippen LogP contribution in [0.2, 0.25) is 0 Å².